The highest BCUT2D eigenvalue weighted by Gasteiger charge is 2.26. The number of amides is 1. The fourth-order valence-corrected chi connectivity index (χ4v) is 1.41. The van der Waals surface area contributed by atoms with E-state index in [0.29, 0.717) is 5.02 Å². The minimum atomic E-state index is -0.788. The van der Waals surface area contributed by atoms with Gasteiger partial charge in [0, 0.05) is 12.1 Å². The van der Waals surface area contributed by atoms with E-state index in [1.54, 1.807) is 33.0 Å². The average molecular weight is 251 g/mol. The molecule has 3 nitrogen and oxygen atoms in total. The summed E-state index contributed by atoms with van der Waals surface area (Å²) >= 11 is 5.77. The van der Waals surface area contributed by atoms with Crippen LogP contribution in [0.2, 0.25) is 5.02 Å². The summed E-state index contributed by atoms with van der Waals surface area (Å²) in [5.41, 5.74) is 0.101. The Kier molecular flexibility index (Phi) is 4.14. The molecule has 90 valence electrons. The van der Waals surface area contributed by atoms with Crippen molar-refractivity contribution in [3.05, 3.63) is 34.9 Å². The lowest BCUT2D eigenvalue weighted by atomic mass is 10.0. The molecule has 0 radical (unpaired) electrons. The molecule has 1 rings (SSSR count). The third kappa shape index (κ3) is 3.47. The molecule has 0 aromatic heterocycles. The Balaban J connectivity index is 2.74. The van der Waals surface area contributed by atoms with Crippen LogP contribution in [0, 0.1) is 11.3 Å². The molecular weight excluding hydrogens is 236 g/mol. The molecule has 0 N–H and O–H groups in total. The molecule has 0 unspecified atom stereocenters. The summed E-state index contributed by atoms with van der Waals surface area (Å²) in [6, 6.07) is 9.23. The number of rotatable bonds is 3. The minimum Gasteiger partial charge on any atom is -0.327 e. The van der Waals surface area contributed by atoms with Gasteiger partial charge in [0.15, 0.2) is 0 Å². The maximum atomic E-state index is 11.9. The SMILES string of the molecule is CN(C(=O)Cc1ccc(Cl)cc1)C(C)(C)C#N. The van der Waals surface area contributed by atoms with Gasteiger partial charge in [0.1, 0.15) is 5.54 Å². The van der Waals surface area contributed by atoms with Crippen LogP contribution in [-0.4, -0.2) is 23.4 Å². The molecule has 17 heavy (non-hydrogen) atoms. The van der Waals surface area contributed by atoms with Crippen LogP contribution < -0.4 is 0 Å². The molecule has 0 aliphatic rings. The number of hydrogen-bond donors (Lipinski definition) is 0. The van der Waals surface area contributed by atoms with E-state index in [9.17, 15) is 4.79 Å². The molecule has 0 aliphatic heterocycles. The quantitative estimate of drug-likeness (QED) is 0.828. The van der Waals surface area contributed by atoms with Gasteiger partial charge in [0.05, 0.1) is 12.5 Å². The Morgan fingerprint density at radius 2 is 1.94 bits per heavy atom. The van der Waals surface area contributed by atoms with Crippen LogP contribution in [0.4, 0.5) is 0 Å². The Labute approximate surface area is 107 Å². The van der Waals surface area contributed by atoms with Gasteiger partial charge in [0.25, 0.3) is 0 Å². The van der Waals surface area contributed by atoms with Crippen molar-refractivity contribution < 1.29 is 4.79 Å². The van der Waals surface area contributed by atoms with Crippen molar-refractivity contribution in [3.8, 4) is 6.07 Å². The number of nitriles is 1. The first-order valence-corrected chi connectivity index (χ1v) is 5.67. The smallest absolute Gasteiger partial charge is 0.227 e. The third-order valence-corrected chi connectivity index (χ3v) is 3.01. The Morgan fingerprint density at radius 1 is 1.41 bits per heavy atom. The molecular formula is C13H15ClN2O. The summed E-state index contributed by atoms with van der Waals surface area (Å²) in [7, 11) is 1.64. The highest BCUT2D eigenvalue weighted by molar-refractivity contribution is 6.30. The zero-order valence-corrected chi connectivity index (χ0v) is 11.0. The van der Waals surface area contributed by atoms with Gasteiger partial charge in [-0.05, 0) is 31.5 Å². The molecule has 0 bridgehead atoms. The normalized spacial score (nSPS) is 10.8. The largest absolute Gasteiger partial charge is 0.327 e. The first-order valence-electron chi connectivity index (χ1n) is 5.29. The first-order chi connectivity index (χ1) is 7.86. The minimum absolute atomic E-state index is 0.0844. The second kappa shape index (κ2) is 5.20. The zero-order valence-electron chi connectivity index (χ0n) is 10.2. The van der Waals surface area contributed by atoms with E-state index >= 15 is 0 Å². The van der Waals surface area contributed by atoms with Gasteiger partial charge < -0.3 is 4.90 Å². The Morgan fingerprint density at radius 3 is 2.41 bits per heavy atom. The molecule has 0 saturated carbocycles. The van der Waals surface area contributed by atoms with Crippen LogP contribution in [0.1, 0.15) is 19.4 Å². The Hall–Kier alpha value is -1.53. The first kappa shape index (κ1) is 13.5. The van der Waals surface area contributed by atoms with Gasteiger partial charge >= 0.3 is 0 Å². The molecule has 1 aromatic carbocycles. The van der Waals surface area contributed by atoms with E-state index in [-0.39, 0.29) is 12.3 Å². The monoisotopic (exact) mass is 250 g/mol. The van der Waals surface area contributed by atoms with Crippen LogP contribution in [0.25, 0.3) is 0 Å². The van der Waals surface area contributed by atoms with E-state index in [1.807, 2.05) is 12.1 Å². The standard InChI is InChI=1S/C13H15ClN2O/c1-13(2,9-15)16(3)12(17)8-10-4-6-11(14)7-5-10/h4-7H,8H2,1-3H3. The summed E-state index contributed by atoms with van der Waals surface area (Å²) in [5.74, 6) is -0.0844. The lowest BCUT2D eigenvalue weighted by molar-refractivity contribution is -0.132. The van der Waals surface area contributed by atoms with E-state index in [2.05, 4.69) is 6.07 Å². The second-order valence-electron chi connectivity index (χ2n) is 4.43. The molecule has 0 aliphatic carbocycles. The maximum Gasteiger partial charge on any atom is 0.227 e. The number of likely N-dealkylation sites (N-methyl/N-ethyl adjacent to an activating group) is 1. The number of benzene rings is 1. The predicted octanol–water partition coefficient (Wildman–Crippen LogP) is 2.64. The summed E-state index contributed by atoms with van der Waals surface area (Å²) in [6.07, 6.45) is 0.277. The average Bonchev–Trinajstić information content (AvgIpc) is 2.31. The molecule has 0 saturated heterocycles. The van der Waals surface area contributed by atoms with Crippen molar-refractivity contribution in [2.24, 2.45) is 0 Å². The fraction of sp³-hybridized carbons (Fsp3) is 0.385. The molecule has 0 fully saturated rings. The zero-order chi connectivity index (χ0) is 13.1. The van der Waals surface area contributed by atoms with Crippen LogP contribution in [0.3, 0.4) is 0 Å². The fourth-order valence-electron chi connectivity index (χ4n) is 1.28. The van der Waals surface area contributed by atoms with Crippen molar-refractivity contribution in [2.45, 2.75) is 25.8 Å². The predicted molar refractivity (Wildman–Crippen MR) is 67.6 cm³/mol. The highest BCUT2D eigenvalue weighted by Crippen LogP contribution is 2.14. The van der Waals surface area contributed by atoms with Gasteiger partial charge in [-0.2, -0.15) is 5.26 Å². The van der Waals surface area contributed by atoms with Gasteiger partial charge in [-0.25, -0.2) is 0 Å². The van der Waals surface area contributed by atoms with Crippen molar-refractivity contribution >= 4 is 17.5 Å². The molecule has 4 heteroatoms. The summed E-state index contributed by atoms with van der Waals surface area (Å²) < 4.78 is 0. The topological polar surface area (TPSA) is 44.1 Å². The van der Waals surface area contributed by atoms with Crippen LogP contribution in [0.15, 0.2) is 24.3 Å². The van der Waals surface area contributed by atoms with E-state index in [1.165, 1.54) is 4.90 Å². The number of carbonyl (C=O) groups excluding carboxylic acids is 1. The van der Waals surface area contributed by atoms with Crippen molar-refractivity contribution in [2.75, 3.05) is 7.05 Å². The summed E-state index contributed by atoms with van der Waals surface area (Å²) in [5, 5.41) is 9.60. The van der Waals surface area contributed by atoms with Crippen LogP contribution >= 0.6 is 11.6 Å². The number of carbonyl (C=O) groups is 1. The lowest BCUT2D eigenvalue weighted by Crippen LogP contribution is -2.44. The second-order valence-corrected chi connectivity index (χ2v) is 4.86. The molecule has 0 spiro atoms. The highest BCUT2D eigenvalue weighted by atomic mass is 35.5. The van der Waals surface area contributed by atoms with Gasteiger partial charge in [-0.1, -0.05) is 23.7 Å². The Bertz CT molecular complexity index is 445. The maximum absolute atomic E-state index is 11.9. The van der Waals surface area contributed by atoms with Crippen molar-refractivity contribution in [3.63, 3.8) is 0 Å². The lowest BCUT2D eigenvalue weighted by Gasteiger charge is -2.29. The van der Waals surface area contributed by atoms with Gasteiger partial charge in [-0.15, -0.1) is 0 Å². The number of hydrogen-bond acceptors (Lipinski definition) is 2. The molecule has 1 amide bonds. The summed E-state index contributed by atoms with van der Waals surface area (Å²) in [4.78, 5) is 13.4. The number of halogens is 1. The van der Waals surface area contributed by atoms with E-state index in [0.717, 1.165) is 5.56 Å². The molecule has 1 aromatic rings. The number of nitrogens with zero attached hydrogens (tertiary/aromatic N) is 2. The molecule has 0 heterocycles. The van der Waals surface area contributed by atoms with Crippen molar-refractivity contribution in [1.82, 2.24) is 4.90 Å². The third-order valence-electron chi connectivity index (χ3n) is 2.75. The van der Waals surface area contributed by atoms with Crippen LogP contribution in [-0.2, 0) is 11.2 Å². The van der Waals surface area contributed by atoms with E-state index in [4.69, 9.17) is 16.9 Å². The van der Waals surface area contributed by atoms with Gasteiger partial charge in [0.2, 0.25) is 5.91 Å². The summed E-state index contributed by atoms with van der Waals surface area (Å²) in [6.45, 7) is 3.43. The van der Waals surface area contributed by atoms with Crippen LogP contribution in [0.5, 0.6) is 0 Å². The van der Waals surface area contributed by atoms with Gasteiger partial charge in [-0.3, -0.25) is 4.79 Å². The molecule has 0 atom stereocenters. The van der Waals surface area contributed by atoms with Crippen molar-refractivity contribution in [1.29, 1.82) is 5.26 Å². The van der Waals surface area contributed by atoms with E-state index < -0.39 is 5.54 Å².